The molecule has 0 radical (unpaired) electrons. The number of allylic oxidation sites excluding steroid dienone is 1. The van der Waals surface area contributed by atoms with E-state index in [4.69, 9.17) is 23.7 Å². The summed E-state index contributed by atoms with van der Waals surface area (Å²) < 4.78 is 28.3. The Morgan fingerprint density at radius 2 is 1.28 bits per heavy atom. The van der Waals surface area contributed by atoms with Crippen LogP contribution in [0.2, 0.25) is 0 Å². The molecule has 7 heteroatoms. The molecular formula is C32H30O7. The van der Waals surface area contributed by atoms with E-state index < -0.39 is 0 Å². The summed E-state index contributed by atoms with van der Waals surface area (Å²) in [7, 11) is 4.48. The van der Waals surface area contributed by atoms with Crippen molar-refractivity contribution in [3.63, 3.8) is 0 Å². The molecule has 0 saturated heterocycles. The summed E-state index contributed by atoms with van der Waals surface area (Å²) >= 11 is 0. The number of ether oxygens (including phenoxy) is 5. The lowest BCUT2D eigenvalue weighted by Crippen LogP contribution is -2.02. The van der Waals surface area contributed by atoms with E-state index >= 15 is 0 Å². The van der Waals surface area contributed by atoms with Crippen LogP contribution in [0.4, 0.5) is 0 Å². The molecule has 0 saturated carbocycles. The van der Waals surface area contributed by atoms with Gasteiger partial charge in [0.2, 0.25) is 5.75 Å². The van der Waals surface area contributed by atoms with Gasteiger partial charge in [0.15, 0.2) is 28.8 Å². The fourth-order valence-electron chi connectivity index (χ4n) is 3.95. The summed E-state index contributed by atoms with van der Waals surface area (Å²) in [5.41, 5.74) is 2.62. The van der Waals surface area contributed by atoms with Gasteiger partial charge in [-0.1, -0.05) is 60.7 Å². The first-order valence-corrected chi connectivity index (χ1v) is 12.3. The maximum absolute atomic E-state index is 13.1. The zero-order valence-corrected chi connectivity index (χ0v) is 22.0. The van der Waals surface area contributed by atoms with E-state index in [1.165, 1.54) is 32.4 Å². The summed E-state index contributed by atoms with van der Waals surface area (Å²) in [4.78, 5) is 13.1. The van der Waals surface area contributed by atoms with Crippen molar-refractivity contribution in [2.24, 2.45) is 0 Å². The first kappa shape index (κ1) is 27.1. The van der Waals surface area contributed by atoms with Crippen LogP contribution in [-0.4, -0.2) is 32.2 Å². The van der Waals surface area contributed by atoms with Crippen LogP contribution < -0.4 is 23.7 Å². The summed E-state index contributed by atoms with van der Waals surface area (Å²) in [5, 5.41) is 10.8. The van der Waals surface area contributed by atoms with Crippen molar-refractivity contribution in [3.8, 4) is 34.5 Å². The number of hydrogen-bond acceptors (Lipinski definition) is 7. The van der Waals surface area contributed by atoms with Crippen LogP contribution in [0.25, 0.3) is 6.08 Å². The van der Waals surface area contributed by atoms with E-state index in [-0.39, 0.29) is 29.5 Å². The molecule has 4 rings (SSSR count). The maximum atomic E-state index is 13.1. The molecule has 4 aromatic rings. The summed E-state index contributed by atoms with van der Waals surface area (Å²) in [5.74, 6) is 1.40. The number of phenolic OH excluding ortho intramolecular Hbond substituents is 1. The molecule has 1 N–H and O–H groups in total. The van der Waals surface area contributed by atoms with Crippen LogP contribution >= 0.6 is 0 Å². The third kappa shape index (κ3) is 6.70. The average Bonchev–Trinajstić information content (AvgIpc) is 2.98. The second-order valence-electron chi connectivity index (χ2n) is 8.49. The van der Waals surface area contributed by atoms with Crippen LogP contribution in [-0.2, 0) is 13.2 Å². The van der Waals surface area contributed by atoms with Crippen LogP contribution in [0.5, 0.6) is 34.5 Å². The Bertz CT molecular complexity index is 1430. The zero-order chi connectivity index (χ0) is 27.6. The minimum atomic E-state index is -0.299. The maximum Gasteiger partial charge on any atom is 0.204 e. The van der Waals surface area contributed by atoms with E-state index in [0.29, 0.717) is 35.2 Å². The van der Waals surface area contributed by atoms with Crippen molar-refractivity contribution in [1.29, 1.82) is 0 Å². The van der Waals surface area contributed by atoms with E-state index in [2.05, 4.69) is 0 Å². The predicted octanol–water partition coefficient (Wildman–Crippen LogP) is 6.47. The molecule has 39 heavy (non-hydrogen) atoms. The number of carbonyl (C=O) groups excluding carboxylic acids is 1. The summed E-state index contributed by atoms with van der Waals surface area (Å²) in [6.45, 7) is 0.605. The Balaban J connectivity index is 1.56. The van der Waals surface area contributed by atoms with E-state index in [1.807, 2.05) is 60.7 Å². The SMILES string of the molecule is COc1ccc(C(=O)/C=C/c2c(O)cc(OCc3ccccc3)c(OC)c2OC)cc1OCc1ccccc1. The standard InChI is InChI=1S/C32H30O7/c1-35-28-17-14-24(18-29(28)38-20-22-10-6-4-7-11-22)26(33)16-15-25-27(34)19-30(32(37-3)31(25)36-2)39-21-23-12-8-5-9-13-23/h4-19,34H,20-21H2,1-3H3/b16-15+. The van der Waals surface area contributed by atoms with Crippen molar-refractivity contribution < 1.29 is 33.6 Å². The Hall–Kier alpha value is -4.91. The first-order valence-electron chi connectivity index (χ1n) is 12.3. The molecule has 0 bridgehead atoms. The van der Waals surface area contributed by atoms with Gasteiger partial charge in [-0.05, 0) is 41.5 Å². The number of hydrogen-bond donors (Lipinski definition) is 1. The van der Waals surface area contributed by atoms with Gasteiger partial charge in [0.25, 0.3) is 0 Å². The minimum absolute atomic E-state index is 0.124. The van der Waals surface area contributed by atoms with Gasteiger partial charge >= 0.3 is 0 Å². The third-order valence-electron chi connectivity index (χ3n) is 5.95. The van der Waals surface area contributed by atoms with E-state index in [1.54, 1.807) is 25.3 Å². The van der Waals surface area contributed by atoms with Crippen molar-refractivity contribution in [3.05, 3.63) is 113 Å². The molecule has 0 aliphatic heterocycles. The molecular weight excluding hydrogens is 496 g/mol. The molecule has 0 spiro atoms. The second-order valence-corrected chi connectivity index (χ2v) is 8.49. The van der Waals surface area contributed by atoms with Crippen LogP contribution in [0, 0.1) is 0 Å². The van der Waals surface area contributed by atoms with E-state index in [9.17, 15) is 9.90 Å². The number of carbonyl (C=O) groups is 1. The first-order chi connectivity index (χ1) is 19.0. The fourth-order valence-corrected chi connectivity index (χ4v) is 3.95. The van der Waals surface area contributed by atoms with Gasteiger partial charge in [0.1, 0.15) is 19.0 Å². The third-order valence-corrected chi connectivity index (χ3v) is 5.95. The number of aromatic hydroxyl groups is 1. The summed E-state index contributed by atoms with van der Waals surface area (Å²) in [6.07, 6.45) is 2.83. The highest BCUT2D eigenvalue weighted by Crippen LogP contribution is 2.45. The van der Waals surface area contributed by atoms with Gasteiger partial charge in [-0.15, -0.1) is 0 Å². The number of phenols is 1. The van der Waals surface area contributed by atoms with Crippen LogP contribution in [0.3, 0.4) is 0 Å². The smallest absolute Gasteiger partial charge is 0.204 e. The number of methoxy groups -OCH3 is 3. The van der Waals surface area contributed by atoms with E-state index in [0.717, 1.165) is 11.1 Å². The van der Waals surface area contributed by atoms with Crippen molar-refractivity contribution in [2.45, 2.75) is 13.2 Å². The van der Waals surface area contributed by atoms with Crippen molar-refractivity contribution in [2.75, 3.05) is 21.3 Å². The number of rotatable bonds is 12. The van der Waals surface area contributed by atoms with Crippen LogP contribution in [0.1, 0.15) is 27.0 Å². The lowest BCUT2D eigenvalue weighted by atomic mass is 10.1. The molecule has 0 amide bonds. The fraction of sp³-hybridized carbons (Fsp3) is 0.156. The molecule has 0 unspecified atom stereocenters. The predicted molar refractivity (Wildman–Crippen MR) is 149 cm³/mol. The van der Waals surface area contributed by atoms with Crippen molar-refractivity contribution >= 4 is 11.9 Å². The minimum Gasteiger partial charge on any atom is -0.507 e. The van der Waals surface area contributed by atoms with Gasteiger partial charge in [0.05, 0.1) is 26.9 Å². The topological polar surface area (TPSA) is 83.5 Å². The lowest BCUT2D eigenvalue weighted by molar-refractivity contribution is 0.104. The number of benzene rings is 4. The van der Waals surface area contributed by atoms with Gasteiger partial charge in [-0.2, -0.15) is 0 Å². The Morgan fingerprint density at radius 1 is 0.692 bits per heavy atom. The van der Waals surface area contributed by atoms with Gasteiger partial charge in [-0.3, -0.25) is 4.79 Å². The number of ketones is 1. The highest BCUT2D eigenvalue weighted by molar-refractivity contribution is 6.07. The molecule has 0 aliphatic carbocycles. The molecule has 0 heterocycles. The second kappa shape index (κ2) is 13.1. The van der Waals surface area contributed by atoms with Crippen LogP contribution in [0.15, 0.2) is 91.0 Å². The normalized spacial score (nSPS) is 10.7. The molecule has 0 fully saturated rings. The highest BCUT2D eigenvalue weighted by atomic mass is 16.5. The van der Waals surface area contributed by atoms with Crippen molar-refractivity contribution in [1.82, 2.24) is 0 Å². The van der Waals surface area contributed by atoms with Gasteiger partial charge in [0, 0.05) is 11.6 Å². The Morgan fingerprint density at radius 3 is 1.85 bits per heavy atom. The summed E-state index contributed by atoms with van der Waals surface area (Å²) in [6, 6.07) is 25.7. The van der Waals surface area contributed by atoms with Gasteiger partial charge < -0.3 is 28.8 Å². The quantitative estimate of drug-likeness (QED) is 0.167. The molecule has 7 nitrogen and oxygen atoms in total. The average molecular weight is 527 g/mol. The Kier molecular flexibility index (Phi) is 9.08. The largest absolute Gasteiger partial charge is 0.507 e. The lowest BCUT2D eigenvalue weighted by Gasteiger charge is -2.17. The molecule has 200 valence electrons. The Labute approximate surface area is 227 Å². The molecule has 0 aliphatic rings. The monoisotopic (exact) mass is 526 g/mol. The molecule has 4 aromatic carbocycles. The highest BCUT2D eigenvalue weighted by Gasteiger charge is 2.20. The zero-order valence-electron chi connectivity index (χ0n) is 22.0. The molecule has 0 atom stereocenters. The van der Waals surface area contributed by atoms with Gasteiger partial charge in [-0.25, -0.2) is 0 Å². The molecule has 0 aromatic heterocycles.